The van der Waals surface area contributed by atoms with Gasteiger partial charge in [0.25, 0.3) is 15.9 Å². The summed E-state index contributed by atoms with van der Waals surface area (Å²) in [5.74, 6) is 0.252. The summed E-state index contributed by atoms with van der Waals surface area (Å²) < 4.78 is 33.1. The number of aryl methyl sites for hydroxylation is 1. The molecule has 0 saturated carbocycles. The van der Waals surface area contributed by atoms with E-state index in [1.807, 2.05) is 49.4 Å². The minimum Gasteiger partial charge on any atom is -0.484 e. The predicted molar refractivity (Wildman–Crippen MR) is 117 cm³/mol. The van der Waals surface area contributed by atoms with Gasteiger partial charge in [-0.1, -0.05) is 48.0 Å². The zero-order valence-corrected chi connectivity index (χ0v) is 17.7. The van der Waals surface area contributed by atoms with Crippen LogP contribution in [0.2, 0.25) is 0 Å². The van der Waals surface area contributed by atoms with Gasteiger partial charge in [0.15, 0.2) is 6.61 Å². The van der Waals surface area contributed by atoms with E-state index in [1.54, 1.807) is 24.1 Å². The number of amides is 1. The lowest BCUT2D eigenvalue weighted by Crippen LogP contribution is -2.30. The monoisotopic (exact) mass is 424 g/mol. The highest BCUT2D eigenvalue weighted by atomic mass is 32.2. The van der Waals surface area contributed by atoms with Crippen molar-refractivity contribution >= 4 is 21.6 Å². The Balaban J connectivity index is 1.56. The quantitative estimate of drug-likeness (QED) is 0.596. The number of anilines is 1. The zero-order chi connectivity index (χ0) is 21.6. The minimum absolute atomic E-state index is 0.114. The fraction of sp³-hybridized carbons (Fsp3) is 0.174. The van der Waals surface area contributed by atoms with Crippen molar-refractivity contribution < 1.29 is 17.9 Å². The van der Waals surface area contributed by atoms with Crippen LogP contribution >= 0.6 is 0 Å². The van der Waals surface area contributed by atoms with Crippen LogP contribution in [0.15, 0.2) is 83.8 Å². The number of benzene rings is 3. The van der Waals surface area contributed by atoms with E-state index in [2.05, 4.69) is 4.72 Å². The van der Waals surface area contributed by atoms with E-state index in [4.69, 9.17) is 4.74 Å². The second-order valence-electron chi connectivity index (χ2n) is 6.97. The van der Waals surface area contributed by atoms with E-state index < -0.39 is 10.0 Å². The number of nitrogens with zero attached hydrogens (tertiary/aromatic N) is 1. The summed E-state index contributed by atoms with van der Waals surface area (Å²) in [6, 6.07) is 22.7. The van der Waals surface area contributed by atoms with Crippen LogP contribution in [0.25, 0.3) is 0 Å². The van der Waals surface area contributed by atoms with Gasteiger partial charge in [-0.05, 0) is 48.9 Å². The topological polar surface area (TPSA) is 75.7 Å². The van der Waals surface area contributed by atoms with Crippen molar-refractivity contribution in [2.75, 3.05) is 18.4 Å². The molecule has 0 aliphatic carbocycles. The fourth-order valence-electron chi connectivity index (χ4n) is 2.75. The summed E-state index contributed by atoms with van der Waals surface area (Å²) in [6.45, 7) is 2.29. The first-order valence-corrected chi connectivity index (χ1v) is 10.9. The number of carbonyl (C=O) groups is 1. The molecule has 0 fully saturated rings. The van der Waals surface area contributed by atoms with Crippen molar-refractivity contribution in [2.45, 2.75) is 18.4 Å². The first-order valence-electron chi connectivity index (χ1n) is 9.44. The van der Waals surface area contributed by atoms with Gasteiger partial charge in [-0.2, -0.15) is 0 Å². The lowest BCUT2D eigenvalue weighted by atomic mass is 10.2. The third-order valence-corrected chi connectivity index (χ3v) is 5.89. The van der Waals surface area contributed by atoms with Crippen LogP contribution in [0.3, 0.4) is 0 Å². The Morgan fingerprint density at radius 1 is 0.933 bits per heavy atom. The first kappa shape index (κ1) is 21.4. The molecule has 3 aromatic carbocycles. The van der Waals surface area contributed by atoms with Crippen molar-refractivity contribution in [1.82, 2.24) is 4.90 Å². The molecule has 1 N–H and O–H groups in total. The molecule has 0 bridgehead atoms. The van der Waals surface area contributed by atoms with Gasteiger partial charge in [-0.3, -0.25) is 9.52 Å². The molecule has 1 amide bonds. The molecular weight excluding hydrogens is 400 g/mol. The average Bonchev–Trinajstić information content (AvgIpc) is 2.74. The highest BCUT2D eigenvalue weighted by Gasteiger charge is 2.15. The fourth-order valence-corrected chi connectivity index (χ4v) is 3.81. The average molecular weight is 425 g/mol. The number of hydrogen-bond donors (Lipinski definition) is 1. The highest BCUT2D eigenvalue weighted by Crippen LogP contribution is 2.19. The van der Waals surface area contributed by atoms with Gasteiger partial charge in [0.05, 0.1) is 4.90 Å². The number of rotatable bonds is 8. The number of ether oxygens (including phenoxy) is 1. The van der Waals surface area contributed by atoms with Crippen LogP contribution in [0, 0.1) is 6.92 Å². The molecule has 30 heavy (non-hydrogen) atoms. The molecule has 0 spiro atoms. The summed E-state index contributed by atoms with van der Waals surface area (Å²) >= 11 is 0. The van der Waals surface area contributed by atoms with E-state index >= 15 is 0 Å². The van der Waals surface area contributed by atoms with E-state index in [0.717, 1.165) is 11.1 Å². The van der Waals surface area contributed by atoms with Crippen molar-refractivity contribution in [1.29, 1.82) is 0 Å². The number of likely N-dealkylation sites (N-methyl/N-ethyl adjacent to an activating group) is 1. The molecule has 0 aliphatic heterocycles. The minimum atomic E-state index is -3.70. The summed E-state index contributed by atoms with van der Waals surface area (Å²) in [4.78, 5) is 14.0. The van der Waals surface area contributed by atoms with Crippen molar-refractivity contribution in [3.05, 3.63) is 90.0 Å². The largest absolute Gasteiger partial charge is 0.484 e. The maximum absolute atomic E-state index is 12.5. The third-order valence-electron chi connectivity index (χ3n) is 4.49. The van der Waals surface area contributed by atoms with Crippen molar-refractivity contribution in [3.63, 3.8) is 0 Å². The van der Waals surface area contributed by atoms with Gasteiger partial charge in [-0.15, -0.1) is 0 Å². The smallest absolute Gasteiger partial charge is 0.261 e. The van der Waals surface area contributed by atoms with E-state index in [-0.39, 0.29) is 17.4 Å². The van der Waals surface area contributed by atoms with Crippen LogP contribution in [0.1, 0.15) is 11.1 Å². The molecule has 0 atom stereocenters. The summed E-state index contributed by atoms with van der Waals surface area (Å²) in [6.07, 6.45) is 0. The maximum Gasteiger partial charge on any atom is 0.261 e. The van der Waals surface area contributed by atoms with Gasteiger partial charge in [0, 0.05) is 19.3 Å². The van der Waals surface area contributed by atoms with Crippen LogP contribution in [0.4, 0.5) is 5.69 Å². The molecule has 0 aromatic heterocycles. The first-order chi connectivity index (χ1) is 14.3. The zero-order valence-electron chi connectivity index (χ0n) is 16.9. The normalized spacial score (nSPS) is 11.0. The van der Waals surface area contributed by atoms with E-state index in [1.165, 1.54) is 24.3 Å². The van der Waals surface area contributed by atoms with Crippen LogP contribution in [-0.4, -0.2) is 32.9 Å². The Kier molecular flexibility index (Phi) is 6.74. The van der Waals surface area contributed by atoms with Gasteiger partial charge < -0.3 is 9.64 Å². The molecule has 0 radical (unpaired) electrons. The van der Waals surface area contributed by atoms with Crippen LogP contribution in [0.5, 0.6) is 5.75 Å². The lowest BCUT2D eigenvalue weighted by molar-refractivity contribution is -0.132. The van der Waals surface area contributed by atoms with Gasteiger partial charge >= 0.3 is 0 Å². The molecule has 7 heteroatoms. The molecule has 0 saturated heterocycles. The molecule has 0 aliphatic rings. The van der Waals surface area contributed by atoms with Gasteiger partial charge in [-0.25, -0.2) is 8.42 Å². The summed E-state index contributed by atoms with van der Waals surface area (Å²) in [7, 11) is -1.99. The Hall–Kier alpha value is -3.32. The van der Waals surface area contributed by atoms with Gasteiger partial charge in [0.2, 0.25) is 0 Å². The van der Waals surface area contributed by atoms with Crippen molar-refractivity contribution in [3.8, 4) is 5.75 Å². The Morgan fingerprint density at radius 2 is 1.57 bits per heavy atom. The molecule has 156 valence electrons. The number of nitrogens with one attached hydrogen (secondary N) is 1. The van der Waals surface area contributed by atoms with Crippen molar-refractivity contribution in [2.24, 2.45) is 0 Å². The molecule has 0 unspecified atom stereocenters. The number of carbonyl (C=O) groups excluding carboxylic acids is 1. The van der Waals surface area contributed by atoms with E-state index in [0.29, 0.717) is 18.0 Å². The Morgan fingerprint density at radius 3 is 2.20 bits per heavy atom. The second-order valence-corrected chi connectivity index (χ2v) is 8.65. The highest BCUT2D eigenvalue weighted by molar-refractivity contribution is 7.92. The van der Waals surface area contributed by atoms with E-state index in [9.17, 15) is 13.2 Å². The van der Waals surface area contributed by atoms with Crippen LogP contribution in [-0.2, 0) is 21.4 Å². The molecule has 0 heterocycles. The number of sulfonamides is 1. The molecular formula is C23H24N2O4S. The second kappa shape index (κ2) is 9.45. The summed E-state index contributed by atoms with van der Waals surface area (Å²) in [5, 5.41) is 0. The van der Waals surface area contributed by atoms with Gasteiger partial charge in [0.1, 0.15) is 5.75 Å². The lowest BCUT2D eigenvalue weighted by Gasteiger charge is -2.17. The van der Waals surface area contributed by atoms with Crippen LogP contribution < -0.4 is 9.46 Å². The maximum atomic E-state index is 12.5. The third kappa shape index (κ3) is 5.84. The summed E-state index contributed by atoms with van der Waals surface area (Å²) in [5.41, 5.74) is 2.57. The Labute approximate surface area is 177 Å². The standard InChI is InChI=1S/C23H24N2O4S/c1-18-8-10-20(11-9-18)24-30(27,28)22-14-12-21(13-15-22)29-17-23(26)25(2)16-19-6-4-3-5-7-19/h3-15,24H,16-17H2,1-2H3. The SMILES string of the molecule is Cc1ccc(NS(=O)(=O)c2ccc(OCC(=O)N(C)Cc3ccccc3)cc2)cc1. The molecule has 6 nitrogen and oxygen atoms in total. The predicted octanol–water partition coefficient (Wildman–Crippen LogP) is 3.83. The molecule has 3 rings (SSSR count). The number of hydrogen-bond acceptors (Lipinski definition) is 4. The molecule has 3 aromatic rings. The Bertz CT molecular complexity index is 1080.